The first-order chi connectivity index (χ1) is 13.1. The Hall–Kier alpha value is -3.00. The molecule has 8 nitrogen and oxygen atoms in total. The second-order valence-corrected chi connectivity index (χ2v) is 6.96. The van der Waals surface area contributed by atoms with Crippen LogP contribution in [-0.2, 0) is 0 Å². The van der Waals surface area contributed by atoms with Crippen LogP contribution in [0, 0.1) is 0 Å². The van der Waals surface area contributed by atoms with Crippen molar-refractivity contribution in [3.63, 3.8) is 0 Å². The van der Waals surface area contributed by atoms with Crippen LogP contribution in [0.2, 0.25) is 0 Å². The van der Waals surface area contributed by atoms with Crippen molar-refractivity contribution in [2.24, 2.45) is 0 Å². The largest absolute Gasteiger partial charge is 0.369 e. The molecular weight excluding hydrogens is 342 g/mol. The van der Waals surface area contributed by atoms with Crippen molar-refractivity contribution in [2.45, 2.75) is 25.3 Å². The second-order valence-electron chi connectivity index (χ2n) is 6.96. The molecule has 2 aromatic heterocycles. The van der Waals surface area contributed by atoms with Crippen LogP contribution >= 0.6 is 0 Å². The van der Waals surface area contributed by atoms with Crippen molar-refractivity contribution in [3.05, 3.63) is 42.2 Å². The Balaban J connectivity index is 1.41. The van der Waals surface area contributed by atoms with E-state index in [1.807, 2.05) is 18.2 Å². The molecule has 0 spiro atoms. The summed E-state index contributed by atoms with van der Waals surface area (Å²) in [6.45, 7) is 1.84. The Morgan fingerprint density at radius 3 is 2.89 bits per heavy atom. The summed E-state index contributed by atoms with van der Waals surface area (Å²) in [6, 6.07) is 9.74. The Morgan fingerprint density at radius 1 is 1.33 bits per heavy atom. The fourth-order valence-electron chi connectivity index (χ4n) is 3.59. The van der Waals surface area contributed by atoms with Gasteiger partial charge in [0.25, 0.3) is 5.91 Å². The monoisotopic (exact) mass is 365 g/mol. The van der Waals surface area contributed by atoms with Gasteiger partial charge in [0.05, 0.1) is 5.69 Å². The second kappa shape index (κ2) is 7.32. The van der Waals surface area contributed by atoms with E-state index < -0.39 is 0 Å². The molecule has 8 heteroatoms. The Morgan fingerprint density at radius 2 is 2.15 bits per heavy atom. The summed E-state index contributed by atoms with van der Waals surface area (Å²) in [7, 11) is 2.15. The molecule has 0 saturated carbocycles. The first-order valence-electron chi connectivity index (χ1n) is 9.17. The number of fused-ring (bicyclic) bond motifs is 1. The van der Waals surface area contributed by atoms with Crippen LogP contribution in [0.15, 0.2) is 36.7 Å². The van der Waals surface area contributed by atoms with E-state index in [2.05, 4.69) is 32.4 Å². The number of carbonyl (C=O) groups is 1. The third-order valence-corrected chi connectivity index (χ3v) is 5.20. The van der Waals surface area contributed by atoms with Crippen molar-refractivity contribution in [1.29, 1.82) is 0 Å². The first-order valence-corrected chi connectivity index (χ1v) is 9.17. The zero-order chi connectivity index (χ0) is 18.8. The lowest BCUT2D eigenvalue weighted by Crippen LogP contribution is -2.31. The molecule has 1 aliphatic rings. The van der Waals surface area contributed by atoms with Gasteiger partial charge in [-0.25, -0.2) is 4.98 Å². The van der Waals surface area contributed by atoms with Gasteiger partial charge < -0.3 is 16.0 Å². The van der Waals surface area contributed by atoms with Crippen LogP contribution in [0.5, 0.6) is 0 Å². The minimum absolute atomic E-state index is 0.0532. The maximum Gasteiger partial charge on any atom is 0.251 e. The number of hydrogen-bond donors (Lipinski definition) is 2. The summed E-state index contributed by atoms with van der Waals surface area (Å²) in [5.41, 5.74) is 8.78. The van der Waals surface area contributed by atoms with Gasteiger partial charge in [0.2, 0.25) is 5.95 Å². The number of anilines is 1. The number of likely N-dealkylation sites (tertiary alicyclic amines) is 1. The molecule has 3 N–H and O–H groups in total. The number of nitrogen functional groups attached to an aromatic ring is 1. The summed E-state index contributed by atoms with van der Waals surface area (Å²) in [5.74, 6) is 0.272. The van der Waals surface area contributed by atoms with Gasteiger partial charge in [-0.3, -0.25) is 9.20 Å². The van der Waals surface area contributed by atoms with Gasteiger partial charge in [0.15, 0.2) is 5.65 Å². The van der Waals surface area contributed by atoms with Gasteiger partial charge in [-0.05, 0) is 45.0 Å². The highest BCUT2D eigenvalue weighted by atomic mass is 16.1. The van der Waals surface area contributed by atoms with Gasteiger partial charge >= 0.3 is 0 Å². The molecule has 1 aliphatic heterocycles. The quantitative estimate of drug-likeness (QED) is 0.712. The molecule has 1 aromatic carbocycles. The third kappa shape index (κ3) is 3.61. The van der Waals surface area contributed by atoms with Crippen LogP contribution in [-0.4, -0.2) is 56.6 Å². The number of nitrogens with zero attached hydrogens (tertiary/aromatic N) is 5. The van der Waals surface area contributed by atoms with E-state index >= 15 is 0 Å². The maximum absolute atomic E-state index is 12.4. The molecule has 3 heterocycles. The molecule has 3 aromatic rings. The molecule has 1 fully saturated rings. The highest BCUT2D eigenvalue weighted by molar-refractivity contribution is 5.94. The summed E-state index contributed by atoms with van der Waals surface area (Å²) in [4.78, 5) is 19.1. The van der Waals surface area contributed by atoms with Gasteiger partial charge in [-0.1, -0.05) is 12.1 Å². The maximum atomic E-state index is 12.4. The van der Waals surface area contributed by atoms with E-state index in [4.69, 9.17) is 5.73 Å². The zero-order valence-electron chi connectivity index (χ0n) is 15.3. The predicted molar refractivity (Wildman–Crippen MR) is 103 cm³/mol. The third-order valence-electron chi connectivity index (χ3n) is 5.20. The van der Waals surface area contributed by atoms with Crippen molar-refractivity contribution in [2.75, 3.05) is 25.9 Å². The lowest BCUT2D eigenvalue weighted by atomic mass is 10.1. The minimum atomic E-state index is -0.0532. The summed E-state index contributed by atoms with van der Waals surface area (Å²) < 4.78 is 1.62. The smallest absolute Gasteiger partial charge is 0.251 e. The standard InChI is InChI=1S/C19H23N7O/c1-25-10-2-3-15(25)8-9-21-18(27)14-6-4-13(5-7-14)16-11-17-24-22-12-26(17)19(20)23-16/h4-7,11-12,15H,2-3,8-10H2,1H3,(H2,20,23)(H,21,27)/t15-/m0/s1. The van der Waals surface area contributed by atoms with Gasteiger partial charge in [-0.15, -0.1) is 10.2 Å². The molecule has 1 saturated heterocycles. The molecule has 0 radical (unpaired) electrons. The lowest BCUT2D eigenvalue weighted by Gasteiger charge is -2.19. The fraction of sp³-hybridized carbons (Fsp3) is 0.368. The Bertz CT molecular complexity index is 950. The molecule has 0 bridgehead atoms. The molecule has 1 amide bonds. The number of amides is 1. The highest BCUT2D eigenvalue weighted by Gasteiger charge is 2.20. The number of nitrogens with one attached hydrogen (secondary N) is 1. The summed E-state index contributed by atoms with van der Waals surface area (Å²) in [6.07, 6.45) is 4.98. The van der Waals surface area contributed by atoms with E-state index in [-0.39, 0.29) is 5.91 Å². The normalized spacial score (nSPS) is 17.4. The SMILES string of the molecule is CN1CCC[C@H]1CCNC(=O)c1ccc(-c2cc3nncn3c(N)n2)cc1. The number of aromatic nitrogens is 4. The van der Waals surface area contributed by atoms with E-state index in [0.29, 0.717) is 35.4 Å². The van der Waals surface area contributed by atoms with Gasteiger partial charge in [0.1, 0.15) is 6.33 Å². The van der Waals surface area contributed by atoms with E-state index in [0.717, 1.165) is 18.5 Å². The van der Waals surface area contributed by atoms with Gasteiger partial charge in [0, 0.05) is 29.8 Å². The van der Waals surface area contributed by atoms with E-state index in [1.54, 1.807) is 16.5 Å². The average molecular weight is 365 g/mol. The summed E-state index contributed by atoms with van der Waals surface area (Å²) >= 11 is 0. The topological polar surface area (TPSA) is 101 Å². The molecule has 27 heavy (non-hydrogen) atoms. The van der Waals surface area contributed by atoms with Crippen LogP contribution in [0.25, 0.3) is 16.9 Å². The number of hydrogen-bond acceptors (Lipinski definition) is 6. The highest BCUT2D eigenvalue weighted by Crippen LogP contribution is 2.21. The molecule has 4 rings (SSSR count). The van der Waals surface area contributed by atoms with Crippen LogP contribution in [0.1, 0.15) is 29.6 Å². The molecular formula is C19H23N7O. The minimum Gasteiger partial charge on any atom is -0.369 e. The van der Waals surface area contributed by atoms with Crippen LogP contribution < -0.4 is 11.1 Å². The Labute approximate surface area is 157 Å². The van der Waals surface area contributed by atoms with E-state index in [1.165, 1.54) is 19.2 Å². The van der Waals surface area contributed by atoms with Gasteiger partial charge in [-0.2, -0.15) is 0 Å². The Kier molecular flexibility index (Phi) is 4.72. The summed E-state index contributed by atoms with van der Waals surface area (Å²) in [5, 5.41) is 10.9. The first kappa shape index (κ1) is 17.4. The predicted octanol–water partition coefficient (Wildman–Crippen LogP) is 1.59. The lowest BCUT2D eigenvalue weighted by molar-refractivity contribution is 0.0950. The van der Waals surface area contributed by atoms with Crippen molar-refractivity contribution >= 4 is 17.5 Å². The van der Waals surface area contributed by atoms with Crippen molar-refractivity contribution in [3.8, 4) is 11.3 Å². The number of carbonyl (C=O) groups excluding carboxylic acids is 1. The molecule has 140 valence electrons. The average Bonchev–Trinajstić information content (AvgIpc) is 3.31. The number of benzene rings is 1. The van der Waals surface area contributed by atoms with Crippen LogP contribution in [0.3, 0.4) is 0 Å². The molecule has 1 atom stereocenters. The van der Waals surface area contributed by atoms with Crippen molar-refractivity contribution in [1.82, 2.24) is 29.8 Å². The van der Waals surface area contributed by atoms with Crippen molar-refractivity contribution < 1.29 is 4.79 Å². The zero-order valence-corrected chi connectivity index (χ0v) is 15.3. The van der Waals surface area contributed by atoms with Crippen LogP contribution in [0.4, 0.5) is 5.95 Å². The van der Waals surface area contributed by atoms with E-state index in [9.17, 15) is 4.79 Å². The molecule has 0 aliphatic carbocycles. The fourth-order valence-corrected chi connectivity index (χ4v) is 3.59. The number of nitrogens with two attached hydrogens (primary N) is 1. The molecule has 0 unspecified atom stereocenters. The number of rotatable bonds is 5.